The smallest absolute Gasteiger partial charge is 0.324 e. The maximum Gasteiger partial charge on any atom is 0.324 e. The molecule has 1 rings (SSSR count). The average molecular weight is 261 g/mol. The zero-order valence-electron chi connectivity index (χ0n) is 10.5. The SMILES string of the molecule is CCC1CCC(N(C)C(=O)NC(=O)CCl)CC1. The van der Waals surface area contributed by atoms with Crippen molar-refractivity contribution >= 4 is 23.5 Å². The van der Waals surface area contributed by atoms with E-state index in [4.69, 9.17) is 11.6 Å². The predicted molar refractivity (Wildman–Crippen MR) is 68.1 cm³/mol. The van der Waals surface area contributed by atoms with Gasteiger partial charge in [0.1, 0.15) is 5.88 Å². The molecule has 3 amide bonds. The number of amides is 3. The molecule has 0 saturated heterocycles. The molecule has 0 aromatic rings. The molecule has 0 aromatic heterocycles. The Hall–Kier alpha value is -0.770. The van der Waals surface area contributed by atoms with Gasteiger partial charge in [0, 0.05) is 13.1 Å². The minimum Gasteiger partial charge on any atom is -0.325 e. The second kappa shape index (κ2) is 6.84. The van der Waals surface area contributed by atoms with Gasteiger partial charge >= 0.3 is 6.03 Å². The first-order valence-electron chi connectivity index (χ1n) is 6.21. The van der Waals surface area contributed by atoms with Crippen LogP contribution in [0.2, 0.25) is 0 Å². The Labute approximate surface area is 108 Å². The molecule has 1 aliphatic rings. The summed E-state index contributed by atoms with van der Waals surface area (Å²) in [5.41, 5.74) is 0. The Kier molecular flexibility index (Phi) is 5.75. The number of hydrogen-bond donors (Lipinski definition) is 1. The third-order valence-electron chi connectivity index (χ3n) is 3.63. The number of imide groups is 1. The van der Waals surface area contributed by atoms with Gasteiger partial charge in [-0.15, -0.1) is 11.6 Å². The van der Waals surface area contributed by atoms with E-state index in [2.05, 4.69) is 12.2 Å². The van der Waals surface area contributed by atoms with E-state index in [1.54, 1.807) is 11.9 Å². The molecule has 1 aliphatic carbocycles. The molecule has 0 aliphatic heterocycles. The molecule has 98 valence electrons. The molecule has 1 N–H and O–H groups in total. The summed E-state index contributed by atoms with van der Waals surface area (Å²) in [6.07, 6.45) is 5.60. The van der Waals surface area contributed by atoms with E-state index >= 15 is 0 Å². The standard InChI is InChI=1S/C12H21ClN2O2/c1-3-9-4-6-10(7-5-9)15(2)12(17)14-11(16)8-13/h9-10H,3-8H2,1-2H3,(H,14,16,17). The fraction of sp³-hybridized carbons (Fsp3) is 0.833. The van der Waals surface area contributed by atoms with E-state index < -0.39 is 5.91 Å². The summed E-state index contributed by atoms with van der Waals surface area (Å²) in [6.45, 7) is 2.21. The maximum atomic E-state index is 11.7. The van der Waals surface area contributed by atoms with Crippen molar-refractivity contribution < 1.29 is 9.59 Å². The van der Waals surface area contributed by atoms with Crippen molar-refractivity contribution in [3.05, 3.63) is 0 Å². The Morgan fingerprint density at radius 3 is 2.35 bits per heavy atom. The number of urea groups is 1. The molecule has 0 heterocycles. The van der Waals surface area contributed by atoms with Crippen molar-refractivity contribution in [2.24, 2.45) is 5.92 Å². The number of nitrogens with one attached hydrogen (secondary N) is 1. The predicted octanol–water partition coefficient (Wildman–Crippen LogP) is 2.36. The van der Waals surface area contributed by atoms with Crippen LogP contribution in [0.25, 0.3) is 0 Å². The van der Waals surface area contributed by atoms with Crippen molar-refractivity contribution in [2.75, 3.05) is 12.9 Å². The van der Waals surface area contributed by atoms with E-state index in [-0.39, 0.29) is 18.0 Å². The second-order valence-electron chi connectivity index (χ2n) is 4.68. The summed E-state index contributed by atoms with van der Waals surface area (Å²) in [5, 5.41) is 2.27. The first-order chi connectivity index (χ1) is 8.08. The molecule has 0 radical (unpaired) electrons. The second-order valence-corrected chi connectivity index (χ2v) is 4.95. The van der Waals surface area contributed by atoms with Crippen LogP contribution in [0, 0.1) is 5.92 Å². The third-order valence-corrected chi connectivity index (χ3v) is 3.87. The highest BCUT2D eigenvalue weighted by molar-refractivity contribution is 6.28. The van der Waals surface area contributed by atoms with Gasteiger partial charge in [-0.1, -0.05) is 13.3 Å². The van der Waals surface area contributed by atoms with E-state index in [9.17, 15) is 9.59 Å². The Balaban J connectivity index is 2.40. The largest absolute Gasteiger partial charge is 0.325 e. The van der Waals surface area contributed by atoms with Crippen LogP contribution >= 0.6 is 11.6 Å². The molecule has 0 bridgehead atoms. The minimum atomic E-state index is -0.439. The van der Waals surface area contributed by atoms with Crippen molar-refractivity contribution in [1.82, 2.24) is 10.2 Å². The molecule has 17 heavy (non-hydrogen) atoms. The zero-order valence-corrected chi connectivity index (χ0v) is 11.3. The number of rotatable bonds is 3. The normalized spacial score (nSPS) is 24.2. The van der Waals surface area contributed by atoms with Gasteiger partial charge in [0.15, 0.2) is 0 Å². The molecule has 1 saturated carbocycles. The van der Waals surface area contributed by atoms with Crippen LogP contribution in [0.1, 0.15) is 39.0 Å². The van der Waals surface area contributed by atoms with Crippen LogP contribution in [0.15, 0.2) is 0 Å². The lowest BCUT2D eigenvalue weighted by Gasteiger charge is -2.34. The lowest BCUT2D eigenvalue weighted by atomic mass is 9.84. The lowest BCUT2D eigenvalue weighted by Crippen LogP contribution is -2.47. The van der Waals surface area contributed by atoms with Crippen LogP contribution in [-0.4, -0.2) is 35.8 Å². The molecule has 0 unspecified atom stereocenters. The maximum absolute atomic E-state index is 11.7. The summed E-state index contributed by atoms with van der Waals surface area (Å²) in [4.78, 5) is 24.4. The van der Waals surface area contributed by atoms with E-state index in [0.29, 0.717) is 0 Å². The number of alkyl halides is 1. The first-order valence-corrected chi connectivity index (χ1v) is 6.74. The van der Waals surface area contributed by atoms with Gasteiger partial charge in [-0.25, -0.2) is 4.79 Å². The van der Waals surface area contributed by atoms with Crippen molar-refractivity contribution in [3.8, 4) is 0 Å². The fourth-order valence-corrected chi connectivity index (χ4v) is 2.41. The quantitative estimate of drug-likeness (QED) is 0.792. The van der Waals surface area contributed by atoms with Gasteiger partial charge < -0.3 is 4.90 Å². The summed E-state index contributed by atoms with van der Waals surface area (Å²) in [7, 11) is 1.74. The number of halogens is 1. The molecular formula is C12H21ClN2O2. The summed E-state index contributed by atoms with van der Waals surface area (Å²) >= 11 is 5.34. The Bertz CT molecular complexity index is 276. The van der Waals surface area contributed by atoms with Crippen LogP contribution < -0.4 is 5.32 Å². The third kappa shape index (κ3) is 4.19. The van der Waals surface area contributed by atoms with E-state index in [1.807, 2.05) is 0 Å². The highest BCUT2D eigenvalue weighted by atomic mass is 35.5. The van der Waals surface area contributed by atoms with Gasteiger partial charge in [-0.2, -0.15) is 0 Å². The topological polar surface area (TPSA) is 49.4 Å². The highest BCUT2D eigenvalue weighted by Crippen LogP contribution is 2.28. The fourth-order valence-electron chi connectivity index (χ4n) is 2.35. The highest BCUT2D eigenvalue weighted by Gasteiger charge is 2.26. The van der Waals surface area contributed by atoms with Crippen LogP contribution in [0.3, 0.4) is 0 Å². The van der Waals surface area contributed by atoms with E-state index in [1.165, 1.54) is 19.3 Å². The lowest BCUT2D eigenvalue weighted by molar-refractivity contribution is -0.117. The van der Waals surface area contributed by atoms with Gasteiger partial charge in [-0.3, -0.25) is 10.1 Å². The zero-order chi connectivity index (χ0) is 12.8. The van der Waals surface area contributed by atoms with Crippen molar-refractivity contribution in [1.29, 1.82) is 0 Å². The average Bonchev–Trinajstić information content (AvgIpc) is 2.37. The molecule has 0 aromatic carbocycles. The van der Waals surface area contributed by atoms with Crippen molar-refractivity contribution in [2.45, 2.75) is 45.1 Å². The van der Waals surface area contributed by atoms with Crippen LogP contribution in [0.5, 0.6) is 0 Å². The molecular weight excluding hydrogens is 240 g/mol. The van der Waals surface area contributed by atoms with E-state index in [0.717, 1.165) is 18.8 Å². The number of hydrogen-bond acceptors (Lipinski definition) is 2. The van der Waals surface area contributed by atoms with Gasteiger partial charge in [-0.05, 0) is 31.6 Å². The summed E-state index contributed by atoms with van der Waals surface area (Å²) in [6, 6.07) is -0.0866. The molecule has 1 fully saturated rings. The van der Waals surface area contributed by atoms with Gasteiger partial charge in [0.05, 0.1) is 0 Å². The summed E-state index contributed by atoms with van der Waals surface area (Å²) in [5.74, 6) is 0.181. The molecule has 5 heteroatoms. The van der Waals surface area contributed by atoms with Crippen LogP contribution in [-0.2, 0) is 4.79 Å². The van der Waals surface area contributed by atoms with Crippen molar-refractivity contribution in [3.63, 3.8) is 0 Å². The molecule has 0 atom stereocenters. The number of carbonyl (C=O) groups is 2. The summed E-state index contributed by atoms with van der Waals surface area (Å²) < 4.78 is 0. The van der Waals surface area contributed by atoms with Gasteiger partial charge in [0.2, 0.25) is 5.91 Å². The van der Waals surface area contributed by atoms with Crippen LogP contribution in [0.4, 0.5) is 4.79 Å². The first kappa shape index (κ1) is 14.3. The number of nitrogens with zero attached hydrogens (tertiary/aromatic N) is 1. The Morgan fingerprint density at radius 2 is 1.88 bits per heavy atom. The van der Waals surface area contributed by atoms with Gasteiger partial charge in [0.25, 0.3) is 0 Å². The Morgan fingerprint density at radius 1 is 1.29 bits per heavy atom. The molecule has 4 nitrogen and oxygen atoms in total. The minimum absolute atomic E-state index is 0.178. The monoisotopic (exact) mass is 260 g/mol. The number of carbonyl (C=O) groups excluding carboxylic acids is 2. The molecule has 0 spiro atoms.